The number of hydrogen-bond acceptors (Lipinski definition) is 3. The summed E-state index contributed by atoms with van der Waals surface area (Å²) in [6.45, 7) is 4.43. The Morgan fingerprint density at radius 2 is 2.15 bits per heavy atom. The van der Waals surface area contributed by atoms with Gasteiger partial charge in [-0.3, -0.25) is 15.0 Å². The number of likely N-dealkylation sites (N-methyl/N-ethyl adjacent to an activating group) is 1. The van der Waals surface area contributed by atoms with E-state index in [2.05, 4.69) is 5.32 Å². The highest BCUT2D eigenvalue weighted by atomic mass is 16.2. The highest BCUT2D eigenvalue weighted by molar-refractivity contribution is 5.90. The third kappa shape index (κ3) is 4.21. The summed E-state index contributed by atoms with van der Waals surface area (Å²) in [6, 6.07) is -0.438. The number of carbonyl (C=O) groups is 2. The highest BCUT2D eigenvalue weighted by Gasteiger charge is 2.32. The first kappa shape index (κ1) is 16.5. The minimum Gasteiger partial charge on any atom is -0.364 e. The smallest absolute Gasteiger partial charge is 0.243 e. The fraction of sp³-hybridized carbons (Fsp3) is 0.786. The van der Waals surface area contributed by atoms with Crippen LogP contribution in [0.15, 0.2) is 0 Å². The lowest BCUT2D eigenvalue weighted by Crippen LogP contribution is -2.44. The van der Waals surface area contributed by atoms with Crippen molar-refractivity contribution < 1.29 is 9.59 Å². The van der Waals surface area contributed by atoms with E-state index in [-0.39, 0.29) is 23.9 Å². The van der Waals surface area contributed by atoms with Crippen molar-refractivity contribution in [2.75, 3.05) is 20.6 Å². The average molecular weight is 282 g/mol. The van der Waals surface area contributed by atoms with E-state index in [4.69, 9.17) is 5.41 Å². The molecule has 2 unspecified atom stereocenters. The number of amidine groups is 1. The van der Waals surface area contributed by atoms with Crippen LogP contribution in [-0.4, -0.2) is 60.2 Å². The third-order valence-electron chi connectivity index (χ3n) is 3.94. The second kappa shape index (κ2) is 7.26. The van der Waals surface area contributed by atoms with Crippen LogP contribution in [0.2, 0.25) is 0 Å². The summed E-state index contributed by atoms with van der Waals surface area (Å²) < 4.78 is 0. The molecule has 2 N–H and O–H groups in total. The van der Waals surface area contributed by atoms with Crippen molar-refractivity contribution in [2.45, 2.75) is 51.6 Å². The van der Waals surface area contributed by atoms with Crippen LogP contribution in [0.4, 0.5) is 0 Å². The van der Waals surface area contributed by atoms with Crippen molar-refractivity contribution in [1.82, 2.24) is 15.1 Å². The zero-order valence-corrected chi connectivity index (χ0v) is 12.9. The van der Waals surface area contributed by atoms with E-state index >= 15 is 0 Å². The van der Waals surface area contributed by atoms with Gasteiger partial charge in [0.1, 0.15) is 6.04 Å². The van der Waals surface area contributed by atoms with E-state index in [1.54, 1.807) is 18.9 Å². The normalized spacial score (nSPS) is 23.3. The fourth-order valence-corrected chi connectivity index (χ4v) is 2.43. The zero-order chi connectivity index (χ0) is 15.3. The Balaban J connectivity index is 2.53. The topological polar surface area (TPSA) is 76.5 Å². The summed E-state index contributed by atoms with van der Waals surface area (Å²) in [5.74, 6) is 0.496. The SMILES string of the molecule is CCC1C(=O)NC(CCCN(C)C(C)=N)CC(=O)N1C. The molecule has 1 fully saturated rings. The standard InChI is InChI=1S/C14H26N4O2/c1-5-12-14(20)16-11(9-13(19)18(12)4)7-6-8-17(3)10(2)15/h11-12,15H,5-9H2,1-4H3,(H,16,20). The Morgan fingerprint density at radius 3 is 2.70 bits per heavy atom. The molecule has 6 nitrogen and oxygen atoms in total. The lowest BCUT2D eigenvalue weighted by atomic mass is 10.1. The molecule has 20 heavy (non-hydrogen) atoms. The van der Waals surface area contributed by atoms with Crippen LogP contribution in [0.1, 0.15) is 39.5 Å². The number of nitrogens with one attached hydrogen (secondary N) is 2. The second-order valence-electron chi connectivity index (χ2n) is 5.49. The van der Waals surface area contributed by atoms with Crippen molar-refractivity contribution >= 4 is 17.6 Å². The lowest BCUT2D eigenvalue weighted by molar-refractivity contribution is -0.136. The molecule has 1 heterocycles. The Bertz CT molecular complexity index is 383. The van der Waals surface area contributed by atoms with E-state index in [1.807, 2.05) is 18.9 Å². The largest absolute Gasteiger partial charge is 0.364 e. The number of hydrogen-bond donors (Lipinski definition) is 2. The predicted molar refractivity (Wildman–Crippen MR) is 78.7 cm³/mol. The van der Waals surface area contributed by atoms with Crippen LogP contribution in [0, 0.1) is 5.41 Å². The minimum atomic E-state index is -0.348. The minimum absolute atomic E-state index is 0.0248. The summed E-state index contributed by atoms with van der Waals surface area (Å²) in [7, 11) is 3.57. The van der Waals surface area contributed by atoms with Gasteiger partial charge in [-0.1, -0.05) is 6.92 Å². The number of amides is 2. The zero-order valence-electron chi connectivity index (χ0n) is 12.9. The molecular formula is C14H26N4O2. The quantitative estimate of drug-likeness (QED) is 0.579. The Hall–Kier alpha value is -1.59. The molecule has 0 radical (unpaired) electrons. The van der Waals surface area contributed by atoms with Crippen LogP contribution < -0.4 is 5.32 Å². The molecule has 2 amide bonds. The van der Waals surface area contributed by atoms with Crippen LogP contribution in [-0.2, 0) is 9.59 Å². The van der Waals surface area contributed by atoms with Crippen LogP contribution >= 0.6 is 0 Å². The molecule has 1 aliphatic rings. The van der Waals surface area contributed by atoms with Gasteiger partial charge in [0.25, 0.3) is 0 Å². The molecule has 1 rings (SSSR count). The van der Waals surface area contributed by atoms with Gasteiger partial charge < -0.3 is 15.1 Å². The number of carbonyl (C=O) groups excluding carboxylic acids is 2. The summed E-state index contributed by atoms with van der Waals surface area (Å²) in [4.78, 5) is 27.5. The van der Waals surface area contributed by atoms with Crippen molar-refractivity contribution in [3.05, 3.63) is 0 Å². The van der Waals surface area contributed by atoms with Crippen LogP contribution in [0.25, 0.3) is 0 Å². The molecule has 1 aliphatic heterocycles. The van der Waals surface area contributed by atoms with Gasteiger partial charge in [0.2, 0.25) is 11.8 Å². The van der Waals surface area contributed by atoms with Crippen molar-refractivity contribution in [1.29, 1.82) is 5.41 Å². The van der Waals surface area contributed by atoms with Gasteiger partial charge >= 0.3 is 0 Å². The molecular weight excluding hydrogens is 256 g/mol. The Kier molecular flexibility index (Phi) is 5.98. The van der Waals surface area contributed by atoms with E-state index in [9.17, 15) is 9.59 Å². The van der Waals surface area contributed by atoms with Gasteiger partial charge in [-0.15, -0.1) is 0 Å². The number of rotatable bonds is 5. The summed E-state index contributed by atoms with van der Waals surface area (Å²) in [5.41, 5.74) is 0. The molecule has 0 aromatic rings. The highest BCUT2D eigenvalue weighted by Crippen LogP contribution is 2.14. The summed E-state index contributed by atoms with van der Waals surface area (Å²) >= 11 is 0. The molecule has 2 atom stereocenters. The van der Waals surface area contributed by atoms with Gasteiger partial charge in [0, 0.05) is 33.1 Å². The third-order valence-corrected chi connectivity index (χ3v) is 3.94. The van der Waals surface area contributed by atoms with Crippen LogP contribution in [0.5, 0.6) is 0 Å². The summed E-state index contributed by atoms with van der Waals surface area (Å²) in [6.07, 6.45) is 2.62. The fourth-order valence-electron chi connectivity index (χ4n) is 2.43. The first-order chi connectivity index (χ1) is 9.36. The Labute approximate surface area is 121 Å². The summed E-state index contributed by atoms with van der Waals surface area (Å²) in [5, 5.41) is 10.5. The second-order valence-corrected chi connectivity index (χ2v) is 5.49. The molecule has 0 saturated carbocycles. The maximum absolute atomic E-state index is 12.1. The predicted octanol–water partition coefficient (Wildman–Crippen LogP) is 0.821. The molecule has 1 saturated heterocycles. The molecule has 0 aliphatic carbocycles. The molecule has 0 aromatic heterocycles. The molecule has 0 spiro atoms. The van der Waals surface area contributed by atoms with E-state index < -0.39 is 0 Å². The first-order valence-corrected chi connectivity index (χ1v) is 7.19. The number of nitrogens with zero attached hydrogens (tertiary/aromatic N) is 2. The van der Waals surface area contributed by atoms with E-state index in [0.29, 0.717) is 18.7 Å². The van der Waals surface area contributed by atoms with Crippen molar-refractivity contribution in [2.24, 2.45) is 0 Å². The van der Waals surface area contributed by atoms with Gasteiger partial charge in [-0.25, -0.2) is 0 Å². The molecule has 0 bridgehead atoms. The average Bonchev–Trinajstić information content (AvgIpc) is 2.47. The molecule has 0 aromatic carbocycles. The monoisotopic (exact) mass is 282 g/mol. The first-order valence-electron chi connectivity index (χ1n) is 7.19. The van der Waals surface area contributed by atoms with Gasteiger partial charge in [0.05, 0.1) is 5.84 Å². The lowest BCUT2D eigenvalue weighted by Gasteiger charge is -2.22. The van der Waals surface area contributed by atoms with Gasteiger partial charge in [-0.05, 0) is 26.2 Å². The maximum atomic E-state index is 12.1. The van der Waals surface area contributed by atoms with Gasteiger partial charge in [-0.2, -0.15) is 0 Å². The Morgan fingerprint density at radius 1 is 1.50 bits per heavy atom. The van der Waals surface area contributed by atoms with Crippen LogP contribution in [0.3, 0.4) is 0 Å². The molecule has 114 valence electrons. The van der Waals surface area contributed by atoms with E-state index in [1.165, 1.54) is 0 Å². The van der Waals surface area contributed by atoms with Crippen molar-refractivity contribution in [3.63, 3.8) is 0 Å². The van der Waals surface area contributed by atoms with Gasteiger partial charge in [0.15, 0.2) is 0 Å². The maximum Gasteiger partial charge on any atom is 0.243 e. The van der Waals surface area contributed by atoms with Crippen molar-refractivity contribution in [3.8, 4) is 0 Å². The van der Waals surface area contributed by atoms with E-state index in [0.717, 1.165) is 19.4 Å². The molecule has 6 heteroatoms.